The number of carbonyl (C=O) groups excluding carboxylic acids is 3. The maximum absolute atomic E-state index is 11.9. The molecule has 4 unspecified atom stereocenters. The van der Waals surface area contributed by atoms with Crippen molar-refractivity contribution in [2.24, 2.45) is 23.3 Å². The first-order valence-corrected chi connectivity index (χ1v) is 35.5. The molecule has 16 nitrogen and oxygen atoms in total. The van der Waals surface area contributed by atoms with E-state index >= 15 is 0 Å². The van der Waals surface area contributed by atoms with Crippen molar-refractivity contribution in [3.8, 4) is 28.7 Å². The summed E-state index contributed by atoms with van der Waals surface area (Å²) in [6, 6.07) is 12.0. The Morgan fingerprint density at radius 2 is 1.41 bits per heavy atom. The summed E-state index contributed by atoms with van der Waals surface area (Å²) in [6.07, 6.45) is 7.36. The molecule has 1 heterocycles. The SMILES string of the molecule is COc1cc(Br)c(CC(CCc2ccc(O)cc2)C(N)=O)cc1O.COc1cc(Br)c2c3c1OC1CC(=O)C=CC31CCC(C(N)=O)C2.[C-]#N.[C-]#N.[C-]#N.[C-]#N.[C-]#N.[C-]#N.[Fe+6].[H-].[K+].[K][K]. The molecule has 1 spiro atoms. The molecule has 6 N–H and O–H groups in total. The Labute approximate surface area is 491 Å². The van der Waals surface area contributed by atoms with E-state index in [9.17, 15) is 24.6 Å². The fraction of sp³-hybridized carbons (Fsp3) is 0.310. The number of hydrogen-bond donors (Lipinski definition) is 4. The summed E-state index contributed by atoms with van der Waals surface area (Å²) in [5.74, 6) is 0.776. The zero-order chi connectivity index (χ0) is 48.7. The van der Waals surface area contributed by atoms with E-state index in [0.29, 0.717) is 55.8 Å². The number of phenolic OH excluding ortho intramolecular Hbond substituents is 2. The van der Waals surface area contributed by atoms with Crippen LogP contribution in [0.2, 0.25) is 0 Å². The van der Waals surface area contributed by atoms with Gasteiger partial charge in [0, 0.05) is 32.8 Å². The minimum absolute atomic E-state index is 0. The summed E-state index contributed by atoms with van der Waals surface area (Å²) >= 11 is 9.55. The molecule has 0 aromatic heterocycles. The maximum atomic E-state index is 11.9. The summed E-state index contributed by atoms with van der Waals surface area (Å²) < 4.78 is 18.4. The summed E-state index contributed by atoms with van der Waals surface area (Å²) in [5.41, 5.74) is 14.7. The third-order valence-electron chi connectivity index (χ3n) is 9.47. The van der Waals surface area contributed by atoms with Gasteiger partial charge in [0.05, 0.1) is 19.6 Å². The Hall–Kier alpha value is -1.66. The number of amides is 2. The summed E-state index contributed by atoms with van der Waals surface area (Å²) in [6.45, 7) is 28.5. The quantitative estimate of drug-likeness (QED) is 0.177. The number of benzene rings is 3. The van der Waals surface area contributed by atoms with Crippen LogP contribution in [-0.2, 0) is 56.1 Å². The van der Waals surface area contributed by atoms with Gasteiger partial charge in [-0.05, 0) is 91.6 Å². The molecule has 64 heavy (non-hydrogen) atoms. The van der Waals surface area contributed by atoms with Gasteiger partial charge in [0.25, 0.3) is 0 Å². The van der Waals surface area contributed by atoms with Crippen LogP contribution in [0.25, 0.3) is 0 Å². The molecule has 0 saturated carbocycles. The van der Waals surface area contributed by atoms with Crippen molar-refractivity contribution in [2.75, 3.05) is 14.2 Å². The molecule has 320 valence electrons. The van der Waals surface area contributed by atoms with Gasteiger partial charge in [-0.2, -0.15) is 0 Å². The van der Waals surface area contributed by atoms with E-state index in [0.717, 1.165) is 37.6 Å². The standard InChI is InChI=1S/C18H18BrNO4.C18H20BrNO4.6CN.Fe.3K.H/c1-23-13-8-12(19)11-6-9(17(20)22)2-4-18-5-3-10(21)7-14(18)24-16(13)15(11)18;1-24-17-10-15(19)13(9-16(17)22)8-12(18(20)23)5-2-11-3-6-14(21)7-4-11;6*1-2;;;;;/h3,5,8-9,14H,2,4,6-7H2,1H3,(H2,20,22);3-4,6-7,9-10,12,21-22H,2,5,8H2,1H3,(H2,20,23);;;;;;;;;;;/q;;6*-1;+6;;;+1;-1. The normalized spacial score (nSPS) is 16.1. The molecular formula is C42H39Br2FeK3N8O8. The molecule has 6 rings (SSSR count). The van der Waals surface area contributed by atoms with Gasteiger partial charge in [-0.15, -0.1) is 0 Å². The number of methoxy groups -OCH3 is 2. The second kappa shape index (κ2) is 40.4. The monoisotopic (exact) mass is 1110 g/mol. The Bertz CT molecular complexity index is 2050. The fourth-order valence-electron chi connectivity index (χ4n) is 6.82. The Morgan fingerprint density at radius 1 is 0.891 bits per heavy atom. The van der Waals surface area contributed by atoms with Crippen LogP contribution in [0, 0.1) is 82.8 Å². The van der Waals surface area contributed by atoms with Crippen molar-refractivity contribution >= 4 is 113 Å². The number of nitrogens with two attached hydrogens (primary N) is 2. The number of nitrogens with zero attached hydrogens (tertiary/aromatic N) is 6. The van der Waals surface area contributed by atoms with Gasteiger partial charge in [-0.1, -0.05) is 50.1 Å². The Kier molecular flexibility index (Phi) is 45.0. The first-order valence-electron chi connectivity index (χ1n) is 17.9. The Balaban J connectivity index is -0.000000203. The fourth-order valence-corrected chi connectivity index (χ4v) is 7.87. The van der Waals surface area contributed by atoms with Crippen molar-refractivity contribution in [2.45, 2.75) is 56.5 Å². The van der Waals surface area contributed by atoms with Crippen LogP contribution < -0.4 is 77.1 Å². The number of phenols is 2. The van der Waals surface area contributed by atoms with Gasteiger partial charge in [0.1, 0.15) is 11.9 Å². The molecule has 4 atom stereocenters. The van der Waals surface area contributed by atoms with Crippen LogP contribution >= 0.6 is 31.9 Å². The van der Waals surface area contributed by atoms with Crippen molar-refractivity contribution < 1.29 is 109 Å². The zero-order valence-corrected chi connectivity index (χ0v) is 49.3. The number of aryl methyl sites for hydroxylation is 1. The molecule has 1 aliphatic heterocycles. The van der Waals surface area contributed by atoms with Crippen LogP contribution in [-0.4, -0.2) is 111 Å². The van der Waals surface area contributed by atoms with Crippen molar-refractivity contribution in [1.29, 1.82) is 31.6 Å². The molecular weight excluding hydrogens is 1080 g/mol. The van der Waals surface area contributed by atoms with Gasteiger partial charge in [0.15, 0.2) is 28.8 Å². The van der Waals surface area contributed by atoms with Crippen molar-refractivity contribution in [3.63, 3.8) is 0 Å². The van der Waals surface area contributed by atoms with Crippen LogP contribution in [0.15, 0.2) is 63.6 Å². The van der Waals surface area contributed by atoms with Crippen LogP contribution in [0.1, 0.15) is 49.4 Å². The average Bonchev–Trinajstić information content (AvgIpc) is 3.53. The van der Waals surface area contributed by atoms with E-state index in [4.69, 9.17) is 96.7 Å². The van der Waals surface area contributed by atoms with E-state index in [1.165, 1.54) is 70.3 Å². The zero-order valence-electron chi connectivity index (χ0n) is 36.7. The number of halogens is 2. The molecule has 3 aromatic rings. The number of allylic oxidation sites excluding steroid dienone is 1. The molecule has 0 fully saturated rings. The number of aromatic hydroxyl groups is 2. The van der Waals surface area contributed by atoms with E-state index in [2.05, 4.69) is 31.9 Å². The molecule has 0 radical (unpaired) electrons. The molecule has 0 saturated heterocycles. The molecule has 3 aliphatic rings. The second-order valence-electron chi connectivity index (χ2n) is 12.4. The molecule has 3 aromatic carbocycles. The van der Waals surface area contributed by atoms with Crippen LogP contribution in [0.3, 0.4) is 0 Å². The van der Waals surface area contributed by atoms with Crippen LogP contribution in [0.4, 0.5) is 0 Å². The van der Waals surface area contributed by atoms with Gasteiger partial charge >= 0.3 is 132 Å². The average molecular weight is 1120 g/mol. The van der Waals surface area contributed by atoms with Crippen molar-refractivity contribution in [1.82, 2.24) is 0 Å². The topological polar surface area (TPSA) is 314 Å². The summed E-state index contributed by atoms with van der Waals surface area (Å²) in [7, 11) is 3.08. The minimum atomic E-state index is -0.389. The Morgan fingerprint density at radius 3 is 1.89 bits per heavy atom. The van der Waals surface area contributed by atoms with Crippen LogP contribution in [0.5, 0.6) is 28.7 Å². The number of ether oxygens (including phenoxy) is 3. The third-order valence-corrected chi connectivity index (χ3v) is 10.9. The number of primary amides is 2. The summed E-state index contributed by atoms with van der Waals surface area (Å²) in [4.78, 5) is 35.5. The third kappa shape index (κ3) is 20.7. The van der Waals surface area contributed by atoms with Gasteiger partial charge in [-0.3, -0.25) is 14.4 Å². The van der Waals surface area contributed by atoms with Gasteiger partial charge in [-0.25, -0.2) is 0 Å². The molecule has 0 bridgehead atoms. The van der Waals surface area contributed by atoms with Gasteiger partial charge in [0.2, 0.25) is 11.8 Å². The molecule has 22 heteroatoms. The first kappa shape index (κ1) is 71.3. The summed E-state index contributed by atoms with van der Waals surface area (Å²) in [5, 5.41) is 56.7. The number of ketones is 1. The predicted octanol–water partition coefficient (Wildman–Crippen LogP) is 2.50. The first-order chi connectivity index (χ1) is 29.9. The van der Waals surface area contributed by atoms with E-state index in [1.807, 2.05) is 24.3 Å². The van der Waals surface area contributed by atoms with Crippen molar-refractivity contribution in [3.05, 3.63) is 125 Å². The molecule has 2 aliphatic carbocycles. The predicted molar refractivity (Wildman–Crippen MR) is 229 cm³/mol. The van der Waals surface area contributed by atoms with E-state index < -0.39 is 0 Å². The molecule has 2 amide bonds. The number of hydrogen-bond acceptors (Lipinski definition) is 14. The number of rotatable bonds is 9. The second-order valence-corrected chi connectivity index (χ2v) is 14.1. The van der Waals surface area contributed by atoms with Gasteiger partial charge < -0.3 is 108 Å². The van der Waals surface area contributed by atoms with E-state index in [-0.39, 0.29) is 122 Å². The number of carbonyl (C=O) groups is 3. The van der Waals surface area contributed by atoms with E-state index in [1.54, 1.807) is 37.5 Å².